The molecular weight excluding hydrogens is 374 g/mol. The number of benzene rings is 1. The lowest BCUT2D eigenvalue weighted by Gasteiger charge is -2.02. The van der Waals surface area contributed by atoms with E-state index < -0.39 is 0 Å². The molecule has 4 rings (SSSR count). The maximum Gasteiger partial charge on any atom is 0.293 e. The molecule has 0 aliphatic rings. The van der Waals surface area contributed by atoms with Gasteiger partial charge < -0.3 is 8.98 Å². The first-order valence-corrected chi connectivity index (χ1v) is 9.54. The van der Waals surface area contributed by atoms with Gasteiger partial charge in [0.15, 0.2) is 10.9 Å². The van der Waals surface area contributed by atoms with Gasteiger partial charge in [-0.05, 0) is 25.1 Å². The molecule has 0 aliphatic heterocycles. The van der Waals surface area contributed by atoms with Crippen molar-refractivity contribution in [3.63, 3.8) is 0 Å². The number of carbonyl (C=O) groups excluding carboxylic acids is 1. The molecule has 0 aliphatic carbocycles. The van der Waals surface area contributed by atoms with Crippen molar-refractivity contribution in [1.82, 2.24) is 9.55 Å². The van der Waals surface area contributed by atoms with Crippen LogP contribution in [0.15, 0.2) is 75.4 Å². The van der Waals surface area contributed by atoms with Crippen LogP contribution in [0.3, 0.4) is 0 Å². The SMILES string of the molecule is Cc1ccc(-c2csc(NC(=O)c3ccc(Cn4ccccc4=O)o3)n2)cc1. The number of thiazole rings is 1. The molecule has 1 aromatic carbocycles. The molecule has 0 unspecified atom stereocenters. The molecule has 0 bridgehead atoms. The molecule has 1 N–H and O–H groups in total. The Morgan fingerprint density at radius 1 is 1.14 bits per heavy atom. The van der Waals surface area contributed by atoms with E-state index in [-0.39, 0.29) is 23.8 Å². The minimum absolute atomic E-state index is 0.128. The largest absolute Gasteiger partial charge is 0.454 e. The van der Waals surface area contributed by atoms with Gasteiger partial charge in [0.05, 0.1) is 12.2 Å². The molecule has 0 fully saturated rings. The van der Waals surface area contributed by atoms with Crippen LogP contribution in [-0.2, 0) is 6.54 Å². The molecule has 28 heavy (non-hydrogen) atoms. The third-order valence-electron chi connectivity index (χ3n) is 4.18. The number of hydrogen-bond acceptors (Lipinski definition) is 5. The zero-order valence-corrected chi connectivity index (χ0v) is 15.9. The summed E-state index contributed by atoms with van der Waals surface area (Å²) >= 11 is 1.35. The number of nitrogens with one attached hydrogen (secondary N) is 1. The molecule has 7 heteroatoms. The molecule has 3 heterocycles. The van der Waals surface area contributed by atoms with Gasteiger partial charge in [-0.1, -0.05) is 35.9 Å². The lowest BCUT2D eigenvalue weighted by Crippen LogP contribution is -2.18. The fourth-order valence-corrected chi connectivity index (χ4v) is 3.41. The molecule has 4 aromatic rings. The van der Waals surface area contributed by atoms with Crippen molar-refractivity contribution in [3.05, 3.63) is 93.6 Å². The third kappa shape index (κ3) is 3.94. The number of carbonyl (C=O) groups is 1. The first-order valence-electron chi connectivity index (χ1n) is 8.66. The minimum atomic E-state index is -0.378. The summed E-state index contributed by atoms with van der Waals surface area (Å²) in [4.78, 5) is 28.7. The highest BCUT2D eigenvalue weighted by Gasteiger charge is 2.14. The monoisotopic (exact) mass is 391 g/mol. The van der Waals surface area contributed by atoms with Gasteiger partial charge in [0.25, 0.3) is 11.5 Å². The lowest BCUT2D eigenvalue weighted by molar-refractivity contribution is 0.0994. The summed E-state index contributed by atoms with van der Waals surface area (Å²) in [6.07, 6.45) is 1.67. The van der Waals surface area contributed by atoms with E-state index in [1.165, 1.54) is 27.5 Å². The van der Waals surface area contributed by atoms with E-state index >= 15 is 0 Å². The van der Waals surface area contributed by atoms with Gasteiger partial charge in [-0.3, -0.25) is 14.9 Å². The highest BCUT2D eigenvalue weighted by atomic mass is 32.1. The van der Waals surface area contributed by atoms with E-state index in [1.54, 1.807) is 30.5 Å². The van der Waals surface area contributed by atoms with E-state index in [9.17, 15) is 9.59 Å². The van der Waals surface area contributed by atoms with Crippen LogP contribution in [-0.4, -0.2) is 15.5 Å². The number of amides is 1. The van der Waals surface area contributed by atoms with Crippen LogP contribution < -0.4 is 10.9 Å². The minimum Gasteiger partial charge on any atom is -0.454 e. The normalized spacial score (nSPS) is 10.8. The summed E-state index contributed by atoms with van der Waals surface area (Å²) in [5, 5.41) is 5.15. The van der Waals surface area contributed by atoms with Crippen LogP contribution in [0, 0.1) is 6.92 Å². The molecule has 0 atom stereocenters. The Bertz CT molecular complexity index is 1170. The van der Waals surface area contributed by atoms with Crippen LogP contribution in [0.4, 0.5) is 5.13 Å². The highest BCUT2D eigenvalue weighted by molar-refractivity contribution is 7.14. The Morgan fingerprint density at radius 3 is 2.75 bits per heavy atom. The number of furan rings is 1. The van der Waals surface area contributed by atoms with Crippen molar-refractivity contribution < 1.29 is 9.21 Å². The molecule has 0 saturated carbocycles. The lowest BCUT2D eigenvalue weighted by atomic mass is 10.1. The van der Waals surface area contributed by atoms with Gasteiger partial charge in [0.1, 0.15) is 5.76 Å². The maximum absolute atomic E-state index is 12.4. The fourth-order valence-electron chi connectivity index (χ4n) is 2.69. The van der Waals surface area contributed by atoms with Crippen molar-refractivity contribution in [2.24, 2.45) is 0 Å². The predicted octanol–water partition coefficient (Wildman–Crippen LogP) is 4.17. The van der Waals surface area contributed by atoms with Gasteiger partial charge in [-0.25, -0.2) is 4.98 Å². The topological polar surface area (TPSA) is 77.1 Å². The average Bonchev–Trinajstić information content (AvgIpc) is 3.34. The third-order valence-corrected chi connectivity index (χ3v) is 4.94. The first-order chi connectivity index (χ1) is 13.6. The number of anilines is 1. The number of aromatic nitrogens is 2. The quantitative estimate of drug-likeness (QED) is 0.554. The molecule has 140 valence electrons. The highest BCUT2D eigenvalue weighted by Crippen LogP contribution is 2.25. The number of nitrogens with zero attached hydrogens (tertiary/aromatic N) is 2. The van der Waals surface area contributed by atoms with Crippen LogP contribution in [0.1, 0.15) is 21.9 Å². The molecule has 0 spiro atoms. The van der Waals surface area contributed by atoms with E-state index in [4.69, 9.17) is 4.42 Å². The molecule has 0 saturated heterocycles. The second-order valence-corrected chi connectivity index (χ2v) is 7.15. The van der Waals surface area contributed by atoms with Crippen LogP contribution in [0.5, 0.6) is 0 Å². The summed E-state index contributed by atoms with van der Waals surface area (Å²) in [6.45, 7) is 2.30. The van der Waals surface area contributed by atoms with Gasteiger partial charge in [0, 0.05) is 23.2 Å². The maximum atomic E-state index is 12.4. The van der Waals surface area contributed by atoms with Crippen molar-refractivity contribution in [2.75, 3.05) is 5.32 Å². The Labute approximate surface area is 165 Å². The van der Waals surface area contributed by atoms with E-state index in [1.807, 2.05) is 36.6 Å². The van der Waals surface area contributed by atoms with Crippen molar-refractivity contribution >= 4 is 22.4 Å². The predicted molar refractivity (Wildman–Crippen MR) is 109 cm³/mol. The second-order valence-electron chi connectivity index (χ2n) is 6.29. The summed E-state index contributed by atoms with van der Waals surface area (Å²) < 4.78 is 7.10. The Kier molecular flexibility index (Phi) is 4.90. The standard InChI is InChI=1S/C21H17N3O3S/c1-14-5-7-15(8-6-14)17-13-28-21(22-17)23-20(26)18-10-9-16(27-18)12-24-11-3-2-4-19(24)25/h2-11,13H,12H2,1H3,(H,22,23,26). The van der Waals surface area contributed by atoms with Gasteiger partial charge in [-0.15, -0.1) is 11.3 Å². The average molecular weight is 391 g/mol. The second kappa shape index (κ2) is 7.66. The van der Waals surface area contributed by atoms with Gasteiger partial charge >= 0.3 is 0 Å². The molecule has 3 aromatic heterocycles. The Morgan fingerprint density at radius 2 is 1.96 bits per heavy atom. The van der Waals surface area contributed by atoms with Crippen molar-refractivity contribution in [2.45, 2.75) is 13.5 Å². The number of hydrogen-bond donors (Lipinski definition) is 1. The van der Waals surface area contributed by atoms with Crippen molar-refractivity contribution in [3.8, 4) is 11.3 Å². The van der Waals surface area contributed by atoms with Crippen molar-refractivity contribution in [1.29, 1.82) is 0 Å². The van der Waals surface area contributed by atoms with Crippen LogP contribution in [0.25, 0.3) is 11.3 Å². The fraction of sp³-hybridized carbons (Fsp3) is 0.0952. The van der Waals surface area contributed by atoms with E-state index in [2.05, 4.69) is 10.3 Å². The van der Waals surface area contributed by atoms with E-state index in [0.717, 1.165) is 11.3 Å². The molecule has 0 radical (unpaired) electrons. The summed E-state index contributed by atoms with van der Waals surface area (Å²) in [5.41, 5.74) is 2.86. The summed E-state index contributed by atoms with van der Waals surface area (Å²) in [7, 11) is 0. The summed E-state index contributed by atoms with van der Waals surface area (Å²) in [6, 6.07) is 16.3. The number of aryl methyl sites for hydroxylation is 1. The molecule has 6 nitrogen and oxygen atoms in total. The first kappa shape index (κ1) is 17.9. The van der Waals surface area contributed by atoms with Crippen LogP contribution >= 0.6 is 11.3 Å². The van der Waals surface area contributed by atoms with E-state index in [0.29, 0.717) is 10.9 Å². The Hall–Kier alpha value is -3.45. The number of rotatable bonds is 5. The summed E-state index contributed by atoms with van der Waals surface area (Å²) in [5.74, 6) is 0.320. The Balaban J connectivity index is 1.44. The number of pyridine rings is 1. The molecule has 1 amide bonds. The van der Waals surface area contributed by atoms with Gasteiger partial charge in [-0.2, -0.15) is 0 Å². The zero-order chi connectivity index (χ0) is 19.5. The molecular formula is C21H17N3O3S. The smallest absolute Gasteiger partial charge is 0.293 e. The van der Waals surface area contributed by atoms with Gasteiger partial charge in [0.2, 0.25) is 0 Å². The zero-order valence-electron chi connectivity index (χ0n) is 15.1. The van der Waals surface area contributed by atoms with Crippen LogP contribution in [0.2, 0.25) is 0 Å².